The fourth-order valence-corrected chi connectivity index (χ4v) is 2.34. The second-order valence-electron chi connectivity index (χ2n) is 3.76. The molecular weight excluding hydrogens is 382 g/mol. The van der Waals surface area contributed by atoms with Crippen molar-refractivity contribution in [3.63, 3.8) is 0 Å². The summed E-state index contributed by atoms with van der Waals surface area (Å²) in [5.74, 6) is -0.979. The molecule has 0 radical (unpaired) electrons. The molecule has 0 fully saturated rings. The largest absolute Gasteiger partial charge is 0.457 e. The van der Waals surface area contributed by atoms with Gasteiger partial charge in [0, 0.05) is 9.13 Å². The van der Waals surface area contributed by atoms with Crippen LogP contribution >= 0.6 is 34.2 Å². The van der Waals surface area contributed by atoms with E-state index >= 15 is 0 Å². The second kappa shape index (κ2) is 6.34. The van der Waals surface area contributed by atoms with Crippen molar-refractivity contribution in [1.82, 2.24) is 0 Å². The highest BCUT2D eigenvalue weighted by atomic mass is 127. The van der Waals surface area contributed by atoms with E-state index in [1.54, 1.807) is 24.3 Å². The number of esters is 1. The van der Waals surface area contributed by atoms with Crippen molar-refractivity contribution in [2.24, 2.45) is 0 Å². The minimum Gasteiger partial charge on any atom is -0.457 e. The van der Waals surface area contributed by atoms with Crippen LogP contribution in [0, 0.1) is 9.39 Å². The highest BCUT2D eigenvalue weighted by molar-refractivity contribution is 14.1. The molecule has 2 aromatic rings. The van der Waals surface area contributed by atoms with E-state index in [0.29, 0.717) is 5.56 Å². The molecule has 98 valence electrons. The van der Waals surface area contributed by atoms with Crippen LogP contribution in [0.3, 0.4) is 0 Å². The molecule has 0 aliphatic rings. The zero-order valence-electron chi connectivity index (χ0n) is 9.70. The average Bonchev–Trinajstić information content (AvgIpc) is 2.38. The molecule has 0 atom stereocenters. The lowest BCUT2D eigenvalue weighted by Crippen LogP contribution is -2.08. The van der Waals surface area contributed by atoms with Crippen LogP contribution in [0.2, 0.25) is 5.02 Å². The quantitative estimate of drug-likeness (QED) is 0.572. The SMILES string of the molecule is O=C(OCc1c(F)cccc1Cl)c1ccccc1I. The summed E-state index contributed by atoms with van der Waals surface area (Å²) in [6, 6.07) is 11.4. The lowest BCUT2D eigenvalue weighted by Gasteiger charge is -2.08. The minimum atomic E-state index is -0.496. The summed E-state index contributed by atoms with van der Waals surface area (Å²) in [5.41, 5.74) is 0.638. The molecule has 0 bridgehead atoms. The molecule has 2 aromatic carbocycles. The van der Waals surface area contributed by atoms with Crippen molar-refractivity contribution in [2.75, 3.05) is 0 Å². The van der Waals surface area contributed by atoms with Crippen LogP contribution in [0.25, 0.3) is 0 Å². The van der Waals surface area contributed by atoms with Crippen LogP contribution in [0.1, 0.15) is 15.9 Å². The Hall–Kier alpha value is -1.14. The lowest BCUT2D eigenvalue weighted by atomic mass is 10.2. The van der Waals surface area contributed by atoms with Crippen molar-refractivity contribution in [3.8, 4) is 0 Å². The molecule has 0 unspecified atom stereocenters. The second-order valence-corrected chi connectivity index (χ2v) is 5.33. The van der Waals surface area contributed by atoms with Gasteiger partial charge in [-0.2, -0.15) is 0 Å². The molecule has 0 amide bonds. The van der Waals surface area contributed by atoms with Gasteiger partial charge in [-0.15, -0.1) is 0 Å². The normalized spacial score (nSPS) is 10.3. The fourth-order valence-electron chi connectivity index (χ4n) is 1.51. The van der Waals surface area contributed by atoms with Gasteiger partial charge >= 0.3 is 5.97 Å². The molecule has 0 aliphatic heterocycles. The topological polar surface area (TPSA) is 26.3 Å². The molecule has 0 saturated carbocycles. The van der Waals surface area contributed by atoms with Gasteiger partial charge in [0.1, 0.15) is 12.4 Å². The summed E-state index contributed by atoms with van der Waals surface area (Å²) < 4.78 is 19.4. The number of halogens is 3. The standard InChI is InChI=1S/C14H9ClFIO2/c15-11-5-3-6-12(16)10(11)8-19-14(18)9-4-1-2-7-13(9)17/h1-7H,8H2. The molecule has 0 heterocycles. The maximum Gasteiger partial charge on any atom is 0.339 e. The molecule has 19 heavy (non-hydrogen) atoms. The smallest absolute Gasteiger partial charge is 0.339 e. The van der Waals surface area contributed by atoms with Gasteiger partial charge in [0.15, 0.2) is 0 Å². The predicted octanol–water partition coefficient (Wildman–Crippen LogP) is 4.44. The Morgan fingerprint density at radius 1 is 1.21 bits per heavy atom. The van der Waals surface area contributed by atoms with Crippen molar-refractivity contribution in [1.29, 1.82) is 0 Å². The van der Waals surface area contributed by atoms with Gasteiger partial charge in [0.05, 0.1) is 10.6 Å². The summed E-state index contributed by atoms with van der Waals surface area (Å²) >= 11 is 7.90. The Kier molecular flexibility index (Phi) is 4.76. The number of benzene rings is 2. The van der Waals surface area contributed by atoms with E-state index in [9.17, 15) is 9.18 Å². The Morgan fingerprint density at radius 2 is 1.95 bits per heavy atom. The van der Waals surface area contributed by atoms with Crippen molar-refractivity contribution in [3.05, 3.63) is 68.0 Å². The third kappa shape index (κ3) is 3.45. The summed E-state index contributed by atoms with van der Waals surface area (Å²) in [4.78, 5) is 11.9. The molecule has 0 aromatic heterocycles. The van der Waals surface area contributed by atoms with E-state index in [2.05, 4.69) is 0 Å². The van der Waals surface area contributed by atoms with E-state index < -0.39 is 11.8 Å². The number of hydrogen-bond donors (Lipinski definition) is 0. The number of hydrogen-bond acceptors (Lipinski definition) is 2. The Balaban J connectivity index is 2.11. The van der Waals surface area contributed by atoms with Crippen molar-refractivity contribution >= 4 is 40.2 Å². The number of ether oxygens (including phenoxy) is 1. The van der Waals surface area contributed by atoms with Crippen molar-refractivity contribution < 1.29 is 13.9 Å². The summed E-state index contributed by atoms with van der Waals surface area (Å²) in [5, 5.41) is 0.246. The molecule has 0 N–H and O–H groups in total. The number of carbonyl (C=O) groups is 1. The number of carbonyl (C=O) groups excluding carboxylic acids is 1. The van der Waals surface area contributed by atoms with Gasteiger partial charge < -0.3 is 4.74 Å². The van der Waals surface area contributed by atoms with Gasteiger partial charge in [-0.1, -0.05) is 29.8 Å². The van der Waals surface area contributed by atoms with Crippen LogP contribution in [0.15, 0.2) is 42.5 Å². The molecule has 5 heteroatoms. The van der Waals surface area contributed by atoms with E-state index in [-0.39, 0.29) is 17.2 Å². The molecule has 0 saturated heterocycles. The van der Waals surface area contributed by atoms with Gasteiger partial charge in [0.25, 0.3) is 0 Å². The molecule has 0 aliphatic carbocycles. The van der Waals surface area contributed by atoms with Gasteiger partial charge in [-0.05, 0) is 46.9 Å². The van der Waals surface area contributed by atoms with Crippen molar-refractivity contribution in [2.45, 2.75) is 6.61 Å². The van der Waals surface area contributed by atoms with Gasteiger partial charge in [-0.25, -0.2) is 9.18 Å². The highest BCUT2D eigenvalue weighted by Crippen LogP contribution is 2.21. The van der Waals surface area contributed by atoms with E-state index in [1.807, 2.05) is 28.7 Å². The highest BCUT2D eigenvalue weighted by Gasteiger charge is 2.13. The Morgan fingerprint density at radius 3 is 2.63 bits per heavy atom. The maximum atomic E-state index is 13.5. The Bertz CT molecular complexity index is 596. The van der Waals surface area contributed by atoms with E-state index in [0.717, 1.165) is 3.57 Å². The first-order valence-electron chi connectivity index (χ1n) is 5.44. The molecule has 0 spiro atoms. The molecule has 2 nitrogen and oxygen atoms in total. The maximum absolute atomic E-state index is 13.5. The molecule has 2 rings (SSSR count). The van der Waals surface area contributed by atoms with Crippen LogP contribution in [0.5, 0.6) is 0 Å². The monoisotopic (exact) mass is 390 g/mol. The fraction of sp³-hybridized carbons (Fsp3) is 0.0714. The van der Waals surface area contributed by atoms with Crippen LogP contribution in [0.4, 0.5) is 4.39 Å². The molecular formula is C14H9ClFIO2. The van der Waals surface area contributed by atoms with Gasteiger partial charge in [0.2, 0.25) is 0 Å². The first-order valence-corrected chi connectivity index (χ1v) is 6.90. The summed E-state index contributed by atoms with van der Waals surface area (Å²) in [7, 11) is 0. The third-order valence-electron chi connectivity index (χ3n) is 2.50. The number of rotatable bonds is 3. The summed E-state index contributed by atoms with van der Waals surface area (Å²) in [6.07, 6.45) is 0. The van der Waals surface area contributed by atoms with Crippen LogP contribution in [-0.4, -0.2) is 5.97 Å². The lowest BCUT2D eigenvalue weighted by molar-refractivity contribution is 0.0468. The third-order valence-corrected chi connectivity index (χ3v) is 3.80. The van der Waals surface area contributed by atoms with Crippen LogP contribution in [-0.2, 0) is 11.3 Å². The first kappa shape index (κ1) is 14.3. The predicted molar refractivity (Wildman–Crippen MR) is 79.7 cm³/mol. The zero-order chi connectivity index (χ0) is 13.8. The average molecular weight is 391 g/mol. The van der Waals surface area contributed by atoms with Gasteiger partial charge in [-0.3, -0.25) is 0 Å². The zero-order valence-corrected chi connectivity index (χ0v) is 12.6. The van der Waals surface area contributed by atoms with E-state index in [1.165, 1.54) is 12.1 Å². The first-order chi connectivity index (χ1) is 9.09. The van der Waals surface area contributed by atoms with E-state index in [4.69, 9.17) is 16.3 Å². The van der Waals surface area contributed by atoms with Crippen LogP contribution < -0.4 is 0 Å². The Labute approximate surface area is 128 Å². The minimum absolute atomic E-state index is 0.184. The summed E-state index contributed by atoms with van der Waals surface area (Å²) in [6.45, 7) is -0.185.